The SMILES string of the molecule is CC(C)c1nc2c(C3CCOC3)cc(C(=O)O)cc2s1. The molecule has 0 amide bonds. The zero-order valence-corrected chi connectivity index (χ0v) is 12.4. The van der Waals surface area contributed by atoms with E-state index in [0.717, 1.165) is 33.8 Å². The average molecular weight is 291 g/mol. The maximum Gasteiger partial charge on any atom is 0.335 e. The van der Waals surface area contributed by atoms with Crippen LogP contribution in [0.1, 0.15) is 53.0 Å². The molecule has 5 heteroatoms. The van der Waals surface area contributed by atoms with Crippen LogP contribution in [0, 0.1) is 0 Å². The summed E-state index contributed by atoms with van der Waals surface area (Å²) in [5, 5.41) is 10.3. The molecule has 2 aromatic rings. The third-order valence-electron chi connectivity index (χ3n) is 3.65. The first-order chi connectivity index (χ1) is 9.56. The fourth-order valence-corrected chi connectivity index (χ4v) is 3.58. The number of carboxylic acids is 1. The molecule has 1 aromatic heterocycles. The maximum absolute atomic E-state index is 11.3. The number of carbonyl (C=O) groups is 1. The number of ether oxygens (including phenoxy) is 1. The fraction of sp³-hybridized carbons (Fsp3) is 0.467. The van der Waals surface area contributed by atoms with Gasteiger partial charge in [0.2, 0.25) is 0 Å². The Bertz CT molecular complexity index is 656. The van der Waals surface area contributed by atoms with Crippen molar-refractivity contribution in [3.8, 4) is 0 Å². The quantitative estimate of drug-likeness (QED) is 0.938. The Labute approximate surface area is 121 Å². The maximum atomic E-state index is 11.3. The van der Waals surface area contributed by atoms with Gasteiger partial charge in [-0.3, -0.25) is 0 Å². The highest BCUT2D eigenvalue weighted by atomic mass is 32.1. The van der Waals surface area contributed by atoms with Crippen molar-refractivity contribution < 1.29 is 14.6 Å². The van der Waals surface area contributed by atoms with Gasteiger partial charge >= 0.3 is 5.97 Å². The smallest absolute Gasteiger partial charge is 0.335 e. The lowest BCUT2D eigenvalue weighted by atomic mass is 9.95. The number of hydrogen-bond donors (Lipinski definition) is 1. The Morgan fingerprint density at radius 3 is 2.90 bits per heavy atom. The lowest BCUT2D eigenvalue weighted by molar-refractivity contribution is 0.0697. The van der Waals surface area contributed by atoms with Crippen LogP contribution in [-0.2, 0) is 4.74 Å². The van der Waals surface area contributed by atoms with Gasteiger partial charge in [0.05, 0.1) is 27.4 Å². The highest BCUT2D eigenvalue weighted by molar-refractivity contribution is 7.18. The Morgan fingerprint density at radius 1 is 1.50 bits per heavy atom. The van der Waals surface area contributed by atoms with Crippen LogP contribution >= 0.6 is 11.3 Å². The number of hydrogen-bond acceptors (Lipinski definition) is 4. The van der Waals surface area contributed by atoms with E-state index < -0.39 is 5.97 Å². The van der Waals surface area contributed by atoms with E-state index in [0.29, 0.717) is 18.1 Å². The summed E-state index contributed by atoms with van der Waals surface area (Å²) in [5.74, 6) is -0.265. The molecule has 2 heterocycles. The molecule has 1 saturated heterocycles. The van der Waals surface area contributed by atoms with E-state index in [1.165, 1.54) is 0 Å². The number of fused-ring (bicyclic) bond motifs is 1. The molecule has 106 valence electrons. The predicted molar refractivity (Wildman–Crippen MR) is 78.8 cm³/mol. The minimum absolute atomic E-state index is 0.263. The molecule has 0 saturated carbocycles. The molecule has 20 heavy (non-hydrogen) atoms. The lowest BCUT2D eigenvalue weighted by Gasteiger charge is -2.10. The molecule has 1 aliphatic heterocycles. The number of thiazole rings is 1. The molecule has 0 bridgehead atoms. The van der Waals surface area contributed by atoms with Gasteiger partial charge in [-0.25, -0.2) is 9.78 Å². The van der Waals surface area contributed by atoms with Crippen LogP contribution in [0.3, 0.4) is 0 Å². The van der Waals surface area contributed by atoms with Crippen molar-refractivity contribution in [2.24, 2.45) is 0 Å². The molecule has 1 atom stereocenters. The van der Waals surface area contributed by atoms with Gasteiger partial charge in [-0.1, -0.05) is 13.8 Å². The van der Waals surface area contributed by atoms with E-state index in [-0.39, 0.29) is 5.92 Å². The molecule has 1 unspecified atom stereocenters. The summed E-state index contributed by atoms with van der Waals surface area (Å²) in [6.07, 6.45) is 0.937. The Morgan fingerprint density at radius 2 is 2.30 bits per heavy atom. The number of rotatable bonds is 3. The van der Waals surface area contributed by atoms with Crippen LogP contribution in [0.5, 0.6) is 0 Å². The van der Waals surface area contributed by atoms with Crippen molar-refractivity contribution in [2.45, 2.75) is 32.1 Å². The van der Waals surface area contributed by atoms with E-state index in [4.69, 9.17) is 9.72 Å². The molecular weight excluding hydrogens is 274 g/mol. The number of carboxylic acid groups (broad SMARTS) is 1. The van der Waals surface area contributed by atoms with E-state index in [1.807, 2.05) is 0 Å². The van der Waals surface area contributed by atoms with Gasteiger partial charge in [0, 0.05) is 18.4 Å². The van der Waals surface area contributed by atoms with Gasteiger partial charge in [-0.05, 0) is 24.1 Å². The molecular formula is C15H17NO3S. The summed E-state index contributed by atoms with van der Waals surface area (Å²) in [4.78, 5) is 16.0. The van der Waals surface area contributed by atoms with Crippen molar-refractivity contribution in [3.05, 3.63) is 28.3 Å². The van der Waals surface area contributed by atoms with E-state index in [1.54, 1.807) is 23.5 Å². The monoisotopic (exact) mass is 291 g/mol. The Hall–Kier alpha value is -1.46. The van der Waals surface area contributed by atoms with Crippen molar-refractivity contribution in [1.29, 1.82) is 0 Å². The minimum atomic E-state index is -0.883. The highest BCUT2D eigenvalue weighted by Crippen LogP contribution is 2.36. The first-order valence-electron chi connectivity index (χ1n) is 6.81. The highest BCUT2D eigenvalue weighted by Gasteiger charge is 2.24. The number of aromatic nitrogens is 1. The largest absolute Gasteiger partial charge is 0.478 e. The number of nitrogens with zero attached hydrogens (tertiary/aromatic N) is 1. The van der Waals surface area contributed by atoms with Gasteiger partial charge in [-0.15, -0.1) is 11.3 Å². The third-order valence-corrected chi connectivity index (χ3v) is 4.95. The van der Waals surface area contributed by atoms with Gasteiger partial charge in [0.25, 0.3) is 0 Å². The Kier molecular flexibility index (Phi) is 3.48. The first kappa shape index (κ1) is 13.5. The van der Waals surface area contributed by atoms with Crippen LogP contribution in [0.15, 0.2) is 12.1 Å². The molecule has 0 spiro atoms. The third kappa shape index (κ3) is 2.31. The van der Waals surface area contributed by atoms with Crippen LogP contribution in [0.25, 0.3) is 10.2 Å². The summed E-state index contributed by atoms with van der Waals surface area (Å²) < 4.78 is 6.41. The second-order valence-corrected chi connectivity index (χ2v) is 6.55. The number of benzene rings is 1. The summed E-state index contributed by atoms with van der Waals surface area (Å²) in [5.41, 5.74) is 2.33. The summed E-state index contributed by atoms with van der Waals surface area (Å²) in [7, 11) is 0. The standard InChI is InChI=1S/C15H17NO3S/c1-8(2)14-16-13-11(9-3-4-19-7-9)5-10(15(17)18)6-12(13)20-14/h5-6,8-9H,3-4,7H2,1-2H3,(H,17,18). The molecule has 0 radical (unpaired) electrons. The van der Waals surface area contributed by atoms with Gasteiger partial charge in [0.15, 0.2) is 0 Å². The summed E-state index contributed by atoms with van der Waals surface area (Å²) in [6, 6.07) is 3.51. The normalized spacial score (nSPS) is 19.1. The van der Waals surface area contributed by atoms with Crippen molar-refractivity contribution in [1.82, 2.24) is 4.98 Å². The van der Waals surface area contributed by atoms with Crippen molar-refractivity contribution >= 4 is 27.5 Å². The average Bonchev–Trinajstić information content (AvgIpc) is 3.06. The van der Waals surface area contributed by atoms with Crippen LogP contribution < -0.4 is 0 Å². The molecule has 3 rings (SSSR count). The van der Waals surface area contributed by atoms with Crippen LogP contribution in [0.4, 0.5) is 0 Å². The van der Waals surface area contributed by atoms with Crippen molar-refractivity contribution in [3.63, 3.8) is 0 Å². The minimum Gasteiger partial charge on any atom is -0.478 e. The van der Waals surface area contributed by atoms with Gasteiger partial charge in [0.1, 0.15) is 0 Å². The molecule has 1 aromatic carbocycles. The predicted octanol–water partition coefficient (Wildman–Crippen LogP) is 3.62. The molecule has 1 N–H and O–H groups in total. The topological polar surface area (TPSA) is 59.4 Å². The van der Waals surface area contributed by atoms with E-state index in [9.17, 15) is 9.90 Å². The molecule has 4 nitrogen and oxygen atoms in total. The second kappa shape index (κ2) is 5.14. The molecule has 0 aliphatic carbocycles. The fourth-order valence-electron chi connectivity index (χ4n) is 2.53. The van der Waals surface area contributed by atoms with Crippen molar-refractivity contribution in [2.75, 3.05) is 13.2 Å². The second-order valence-electron chi connectivity index (χ2n) is 5.48. The zero-order valence-electron chi connectivity index (χ0n) is 11.5. The molecule has 1 aliphatic rings. The van der Waals surface area contributed by atoms with Crippen LogP contribution in [0.2, 0.25) is 0 Å². The van der Waals surface area contributed by atoms with E-state index >= 15 is 0 Å². The zero-order chi connectivity index (χ0) is 14.3. The van der Waals surface area contributed by atoms with Crippen LogP contribution in [-0.4, -0.2) is 29.3 Å². The Balaban J connectivity index is 2.20. The van der Waals surface area contributed by atoms with E-state index in [2.05, 4.69) is 13.8 Å². The lowest BCUT2D eigenvalue weighted by Crippen LogP contribution is -2.03. The van der Waals surface area contributed by atoms with Gasteiger partial charge < -0.3 is 9.84 Å². The summed E-state index contributed by atoms with van der Waals surface area (Å²) in [6.45, 7) is 5.61. The first-order valence-corrected chi connectivity index (χ1v) is 7.63. The summed E-state index contributed by atoms with van der Waals surface area (Å²) >= 11 is 1.59. The van der Waals surface area contributed by atoms with Gasteiger partial charge in [-0.2, -0.15) is 0 Å². The number of aromatic carboxylic acids is 1. The molecule has 1 fully saturated rings.